The van der Waals surface area contributed by atoms with E-state index in [4.69, 9.17) is 0 Å². The molecule has 2 rings (SSSR count). The zero-order valence-corrected chi connectivity index (χ0v) is 11.9. The number of amides is 1. The Kier molecular flexibility index (Phi) is 5.84. The number of hydrogen-bond acceptors (Lipinski definition) is 4. The van der Waals surface area contributed by atoms with Crippen molar-refractivity contribution in [2.45, 2.75) is 25.3 Å². The third-order valence-corrected chi connectivity index (χ3v) is 5.13. The van der Waals surface area contributed by atoms with Gasteiger partial charge in [-0.3, -0.25) is 4.79 Å². The minimum atomic E-state index is -3.16. The second-order valence-corrected chi connectivity index (χ2v) is 6.69. The third-order valence-electron chi connectivity index (χ3n) is 3.23. The summed E-state index contributed by atoms with van der Waals surface area (Å²) in [5.74, 6) is -0.0334. The monoisotopic (exact) mass is 297 g/mol. The number of carbonyl (C=O) groups excluding carboxylic acids is 1. The first-order valence-electron chi connectivity index (χ1n) is 6.06. The van der Waals surface area contributed by atoms with E-state index in [2.05, 4.69) is 10.6 Å². The molecular weight excluding hydrogens is 278 g/mol. The number of sulfonamides is 1. The number of rotatable bonds is 4. The molecule has 18 heavy (non-hydrogen) atoms. The molecule has 2 heterocycles. The molecule has 0 aromatic carbocycles. The fourth-order valence-corrected chi connectivity index (χ4v) is 3.73. The van der Waals surface area contributed by atoms with E-state index in [1.54, 1.807) is 0 Å². The van der Waals surface area contributed by atoms with Crippen molar-refractivity contribution < 1.29 is 13.2 Å². The molecule has 1 unspecified atom stereocenters. The van der Waals surface area contributed by atoms with E-state index in [1.807, 2.05) is 0 Å². The second kappa shape index (κ2) is 6.70. The molecule has 0 spiro atoms. The molecule has 0 aliphatic carbocycles. The number of nitrogens with one attached hydrogen (secondary N) is 2. The van der Waals surface area contributed by atoms with Gasteiger partial charge in [0.1, 0.15) is 0 Å². The van der Waals surface area contributed by atoms with Crippen molar-refractivity contribution in [2.24, 2.45) is 0 Å². The highest BCUT2D eigenvalue weighted by atomic mass is 35.5. The maximum Gasteiger partial charge on any atom is 0.235 e. The molecule has 2 aliphatic heterocycles. The van der Waals surface area contributed by atoms with Crippen LogP contribution in [0.3, 0.4) is 0 Å². The lowest BCUT2D eigenvalue weighted by Crippen LogP contribution is -2.42. The van der Waals surface area contributed by atoms with E-state index in [9.17, 15) is 13.2 Å². The van der Waals surface area contributed by atoms with Gasteiger partial charge >= 0.3 is 0 Å². The molecule has 0 saturated carbocycles. The zero-order valence-electron chi connectivity index (χ0n) is 10.2. The van der Waals surface area contributed by atoms with E-state index in [1.165, 1.54) is 4.31 Å². The second-order valence-electron chi connectivity index (χ2n) is 4.60. The Morgan fingerprint density at radius 2 is 2.17 bits per heavy atom. The Bertz CT molecular complexity index is 382. The molecular formula is C10H20ClN3O3S. The fourth-order valence-electron chi connectivity index (χ4n) is 2.25. The van der Waals surface area contributed by atoms with Crippen LogP contribution < -0.4 is 10.6 Å². The molecule has 2 saturated heterocycles. The Morgan fingerprint density at radius 1 is 1.39 bits per heavy atom. The topological polar surface area (TPSA) is 78.5 Å². The van der Waals surface area contributed by atoms with Gasteiger partial charge in [0, 0.05) is 19.1 Å². The standard InChI is InChI=1S/C10H19N3O3S.ClH/c14-10(12-7-9-3-1-4-11-9)8-13-5-2-6-17(13,15)16;/h9,11H,1-8H2,(H,12,14);1H. The number of halogens is 1. The average Bonchev–Trinajstić information content (AvgIpc) is 2.86. The summed E-state index contributed by atoms with van der Waals surface area (Å²) in [6.45, 7) is 2.03. The first-order valence-corrected chi connectivity index (χ1v) is 7.67. The molecule has 0 bridgehead atoms. The van der Waals surface area contributed by atoms with Crippen LogP contribution in [-0.4, -0.2) is 56.6 Å². The van der Waals surface area contributed by atoms with Gasteiger partial charge in [-0.1, -0.05) is 0 Å². The summed E-state index contributed by atoms with van der Waals surface area (Å²) in [5, 5.41) is 6.06. The molecule has 1 amide bonds. The first-order chi connectivity index (χ1) is 8.08. The predicted octanol–water partition coefficient (Wildman–Crippen LogP) is -0.688. The zero-order chi connectivity index (χ0) is 12.3. The molecule has 2 fully saturated rings. The van der Waals surface area contributed by atoms with Crippen LogP contribution in [0, 0.1) is 0 Å². The molecule has 0 aromatic rings. The smallest absolute Gasteiger partial charge is 0.235 e. The summed E-state index contributed by atoms with van der Waals surface area (Å²) in [6, 6.07) is 0.342. The van der Waals surface area contributed by atoms with Crippen molar-refractivity contribution in [2.75, 3.05) is 31.9 Å². The van der Waals surface area contributed by atoms with Crippen molar-refractivity contribution in [3.05, 3.63) is 0 Å². The van der Waals surface area contributed by atoms with Crippen LogP contribution in [0.2, 0.25) is 0 Å². The van der Waals surface area contributed by atoms with E-state index in [0.717, 1.165) is 19.4 Å². The van der Waals surface area contributed by atoms with Crippen molar-refractivity contribution in [1.82, 2.24) is 14.9 Å². The minimum Gasteiger partial charge on any atom is -0.353 e. The van der Waals surface area contributed by atoms with Gasteiger partial charge in [-0.15, -0.1) is 12.4 Å². The highest BCUT2D eigenvalue weighted by Gasteiger charge is 2.29. The molecule has 106 valence electrons. The SMILES string of the molecule is Cl.O=C(CN1CCCS1(=O)=O)NCC1CCCN1. The van der Waals surface area contributed by atoms with Crippen LogP contribution in [0.1, 0.15) is 19.3 Å². The molecule has 6 nitrogen and oxygen atoms in total. The molecule has 2 N–H and O–H groups in total. The number of nitrogens with zero attached hydrogens (tertiary/aromatic N) is 1. The normalized spacial score (nSPS) is 26.8. The molecule has 2 aliphatic rings. The van der Waals surface area contributed by atoms with Gasteiger partial charge in [-0.25, -0.2) is 8.42 Å². The highest BCUT2D eigenvalue weighted by Crippen LogP contribution is 2.12. The van der Waals surface area contributed by atoms with Gasteiger partial charge in [0.15, 0.2) is 0 Å². The van der Waals surface area contributed by atoms with Gasteiger partial charge in [-0.05, 0) is 25.8 Å². The Morgan fingerprint density at radius 3 is 2.72 bits per heavy atom. The van der Waals surface area contributed by atoms with E-state index in [0.29, 0.717) is 25.6 Å². The first kappa shape index (κ1) is 15.7. The Balaban J connectivity index is 0.00000162. The fraction of sp³-hybridized carbons (Fsp3) is 0.900. The Labute approximate surface area is 114 Å². The van der Waals surface area contributed by atoms with Crippen molar-refractivity contribution in [1.29, 1.82) is 0 Å². The summed E-state index contributed by atoms with van der Waals surface area (Å²) in [7, 11) is -3.16. The molecule has 8 heteroatoms. The van der Waals surface area contributed by atoms with Crippen LogP contribution in [0.4, 0.5) is 0 Å². The highest BCUT2D eigenvalue weighted by molar-refractivity contribution is 7.89. The average molecular weight is 298 g/mol. The summed E-state index contributed by atoms with van der Waals surface area (Å²) in [4.78, 5) is 11.6. The van der Waals surface area contributed by atoms with Crippen molar-refractivity contribution in [3.8, 4) is 0 Å². The summed E-state index contributed by atoms with van der Waals surface area (Å²) in [6.07, 6.45) is 2.84. The van der Waals surface area contributed by atoms with Crippen LogP contribution in [0.25, 0.3) is 0 Å². The lowest BCUT2D eigenvalue weighted by atomic mass is 10.2. The maximum absolute atomic E-state index is 11.6. The van der Waals surface area contributed by atoms with Crippen LogP contribution in [-0.2, 0) is 14.8 Å². The third kappa shape index (κ3) is 4.08. The van der Waals surface area contributed by atoms with Gasteiger partial charge in [0.25, 0.3) is 0 Å². The van der Waals surface area contributed by atoms with Gasteiger partial charge in [-0.2, -0.15) is 4.31 Å². The predicted molar refractivity (Wildman–Crippen MR) is 71.3 cm³/mol. The Hall–Kier alpha value is -0.370. The lowest BCUT2D eigenvalue weighted by molar-refractivity contribution is -0.121. The van der Waals surface area contributed by atoms with Crippen LogP contribution >= 0.6 is 12.4 Å². The maximum atomic E-state index is 11.6. The quantitative estimate of drug-likeness (QED) is 0.720. The van der Waals surface area contributed by atoms with Crippen LogP contribution in [0.15, 0.2) is 0 Å². The van der Waals surface area contributed by atoms with Crippen molar-refractivity contribution >= 4 is 28.3 Å². The number of carbonyl (C=O) groups is 1. The summed E-state index contributed by atoms with van der Waals surface area (Å²) < 4.78 is 24.3. The van der Waals surface area contributed by atoms with Gasteiger partial charge in [0.2, 0.25) is 15.9 Å². The van der Waals surface area contributed by atoms with Gasteiger partial charge in [0.05, 0.1) is 12.3 Å². The largest absolute Gasteiger partial charge is 0.353 e. The van der Waals surface area contributed by atoms with Crippen molar-refractivity contribution in [3.63, 3.8) is 0 Å². The summed E-state index contributed by atoms with van der Waals surface area (Å²) in [5.41, 5.74) is 0. The van der Waals surface area contributed by atoms with E-state index in [-0.39, 0.29) is 30.6 Å². The van der Waals surface area contributed by atoms with E-state index < -0.39 is 10.0 Å². The van der Waals surface area contributed by atoms with Gasteiger partial charge < -0.3 is 10.6 Å². The van der Waals surface area contributed by atoms with E-state index >= 15 is 0 Å². The van der Waals surface area contributed by atoms with Crippen LogP contribution in [0.5, 0.6) is 0 Å². The number of hydrogen-bond donors (Lipinski definition) is 2. The molecule has 0 radical (unpaired) electrons. The molecule has 0 aromatic heterocycles. The lowest BCUT2D eigenvalue weighted by Gasteiger charge is -2.15. The summed E-state index contributed by atoms with van der Waals surface area (Å²) >= 11 is 0. The minimum absolute atomic E-state index is 0. The molecule has 1 atom stereocenters.